The number of anilines is 1. The molecule has 0 fully saturated rings. The maximum absolute atomic E-state index is 10.8. The monoisotopic (exact) mass is 209 g/mol. The highest BCUT2D eigenvalue weighted by Crippen LogP contribution is 2.16. The van der Waals surface area contributed by atoms with Crippen LogP contribution in [0.3, 0.4) is 0 Å². The highest BCUT2D eigenvalue weighted by Gasteiger charge is 2.31. The van der Waals surface area contributed by atoms with Crippen LogP contribution >= 0.6 is 0 Å². The minimum atomic E-state index is -1.85. The van der Waals surface area contributed by atoms with Crippen molar-refractivity contribution in [2.75, 3.05) is 5.73 Å². The van der Waals surface area contributed by atoms with Crippen LogP contribution < -0.4 is 11.5 Å². The van der Waals surface area contributed by atoms with Crippen LogP contribution in [0.15, 0.2) is 18.3 Å². The number of nitrogens with zero attached hydrogens (tertiary/aromatic N) is 1. The first-order chi connectivity index (χ1) is 6.98. The highest BCUT2D eigenvalue weighted by atomic mass is 16.6. The van der Waals surface area contributed by atoms with Crippen LogP contribution in [0.2, 0.25) is 0 Å². The lowest BCUT2D eigenvalue weighted by Gasteiger charge is -2.21. The molecule has 4 N–H and O–H groups in total. The molecule has 6 nitrogen and oxygen atoms in total. The molecule has 1 atom stereocenters. The summed E-state index contributed by atoms with van der Waals surface area (Å²) in [6.45, 7) is 1.16. The molecule has 1 aromatic heterocycles. The number of aromatic nitrogens is 1. The van der Waals surface area contributed by atoms with E-state index in [4.69, 9.17) is 11.5 Å². The molecule has 1 aromatic rings. The molecule has 0 saturated carbocycles. The largest absolute Gasteiger partial charge is 0.431 e. The number of carbonyl (C=O) groups excluding carboxylic acids is 2. The Morgan fingerprint density at radius 3 is 2.67 bits per heavy atom. The molecule has 0 aliphatic carbocycles. The second kappa shape index (κ2) is 4.05. The number of nitrogens with two attached hydrogens (primary N) is 2. The number of ether oxygens (including phenoxy) is 1. The number of pyridine rings is 1. The van der Waals surface area contributed by atoms with Crippen LogP contribution in [-0.2, 0) is 20.1 Å². The number of rotatable bonds is 3. The second-order valence-electron chi connectivity index (χ2n) is 2.98. The number of hydrogen-bond donors (Lipinski definition) is 2. The SMILES string of the molecule is CC(=O)OC(N)(C=O)c1ccc(N)cn1. The third kappa shape index (κ3) is 2.50. The van der Waals surface area contributed by atoms with Crippen LogP contribution in [0.25, 0.3) is 0 Å². The van der Waals surface area contributed by atoms with E-state index in [9.17, 15) is 9.59 Å². The van der Waals surface area contributed by atoms with Crippen molar-refractivity contribution in [3.63, 3.8) is 0 Å². The summed E-state index contributed by atoms with van der Waals surface area (Å²) < 4.78 is 4.68. The Morgan fingerprint density at radius 1 is 1.60 bits per heavy atom. The van der Waals surface area contributed by atoms with Gasteiger partial charge in [0, 0.05) is 6.92 Å². The molecule has 1 heterocycles. The number of esters is 1. The fourth-order valence-corrected chi connectivity index (χ4v) is 1.01. The Bertz CT molecular complexity index is 377. The summed E-state index contributed by atoms with van der Waals surface area (Å²) in [5.41, 5.74) is 9.67. The summed E-state index contributed by atoms with van der Waals surface area (Å²) in [5, 5.41) is 0. The van der Waals surface area contributed by atoms with Crippen LogP contribution in [0.5, 0.6) is 0 Å². The Kier molecular flexibility index (Phi) is 3.01. The minimum absolute atomic E-state index is 0.127. The molecule has 0 spiro atoms. The Hall–Kier alpha value is -1.95. The third-order valence-corrected chi connectivity index (χ3v) is 1.67. The van der Waals surface area contributed by atoms with Crippen molar-refractivity contribution in [1.82, 2.24) is 4.98 Å². The minimum Gasteiger partial charge on any atom is -0.431 e. The molecule has 1 unspecified atom stereocenters. The molecule has 80 valence electrons. The zero-order chi connectivity index (χ0) is 11.5. The molecule has 0 saturated heterocycles. The Morgan fingerprint density at radius 2 is 2.27 bits per heavy atom. The molecule has 0 aliphatic rings. The molecule has 0 aromatic carbocycles. The number of hydrogen-bond acceptors (Lipinski definition) is 6. The first-order valence-corrected chi connectivity index (χ1v) is 4.15. The summed E-state index contributed by atoms with van der Waals surface area (Å²) in [7, 11) is 0. The molecule has 1 rings (SSSR count). The predicted octanol–water partition coefficient (Wildman–Crippen LogP) is -0.463. The van der Waals surface area contributed by atoms with E-state index in [0.717, 1.165) is 6.92 Å². The normalized spacial score (nSPS) is 14.0. The van der Waals surface area contributed by atoms with Crippen molar-refractivity contribution >= 4 is 17.9 Å². The van der Waals surface area contributed by atoms with Gasteiger partial charge in [0.1, 0.15) is 5.69 Å². The second-order valence-corrected chi connectivity index (χ2v) is 2.98. The van der Waals surface area contributed by atoms with E-state index in [0.29, 0.717) is 12.0 Å². The lowest BCUT2D eigenvalue weighted by atomic mass is 10.1. The van der Waals surface area contributed by atoms with Gasteiger partial charge in [0.15, 0.2) is 6.29 Å². The molecule has 0 bridgehead atoms. The van der Waals surface area contributed by atoms with Crippen molar-refractivity contribution in [1.29, 1.82) is 0 Å². The summed E-state index contributed by atoms with van der Waals surface area (Å²) >= 11 is 0. The van der Waals surface area contributed by atoms with E-state index >= 15 is 0 Å². The highest BCUT2D eigenvalue weighted by molar-refractivity contribution is 5.73. The van der Waals surface area contributed by atoms with Gasteiger partial charge in [-0.3, -0.25) is 20.3 Å². The van der Waals surface area contributed by atoms with Crippen molar-refractivity contribution < 1.29 is 14.3 Å². The fraction of sp³-hybridized carbons (Fsp3) is 0.222. The maximum atomic E-state index is 10.8. The van der Waals surface area contributed by atoms with Gasteiger partial charge in [-0.25, -0.2) is 0 Å². The first kappa shape index (κ1) is 11.1. The van der Waals surface area contributed by atoms with Crippen molar-refractivity contribution in [3.8, 4) is 0 Å². The van der Waals surface area contributed by atoms with Gasteiger partial charge in [-0.2, -0.15) is 0 Å². The lowest BCUT2D eigenvalue weighted by molar-refractivity contribution is -0.161. The summed E-state index contributed by atoms with van der Waals surface area (Å²) in [6, 6.07) is 2.93. The van der Waals surface area contributed by atoms with Crippen molar-refractivity contribution in [3.05, 3.63) is 24.0 Å². The van der Waals surface area contributed by atoms with Crippen molar-refractivity contribution in [2.45, 2.75) is 12.6 Å². The average Bonchev–Trinajstić information content (AvgIpc) is 2.17. The Labute approximate surface area is 86.2 Å². The third-order valence-electron chi connectivity index (χ3n) is 1.67. The van der Waals surface area contributed by atoms with Gasteiger partial charge in [0.2, 0.25) is 0 Å². The summed E-state index contributed by atoms with van der Waals surface area (Å²) in [4.78, 5) is 25.3. The van der Waals surface area contributed by atoms with E-state index in [1.54, 1.807) is 0 Å². The summed E-state index contributed by atoms with van der Waals surface area (Å²) in [5.74, 6) is -0.664. The van der Waals surface area contributed by atoms with Gasteiger partial charge in [0.25, 0.3) is 5.72 Å². The first-order valence-electron chi connectivity index (χ1n) is 4.15. The van der Waals surface area contributed by atoms with Crippen molar-refractivity contribution in [2.24, 2.45) is 5.73 Å². The molecule has 15 heavy (non-hydrogen) atoms. The van der Waals surface area contributed by atoms with Gasteiger partial charge in [-0.05, 0) is 12.1 Å². The van der Waals surface area contributed by atoms with Gasteiger partial charge >= 0.3 is 5.97 Å². The van der Waals surface area contributed by atoms with Crippen LogP contribution in [0.4, 0.5) is 5.69 Å². The molecule has 6 heteroatoms. The van der Waals surface area contributed by atoms with Crippen LogP contribution in [0.1, 0.15) is 12.6 Å². The maximum Gasteiger partial charge on any atom is 0.305 e. The van der Waals surface area contributed by atoms with E-state index < -0.39 is 11.7 Å². The number of carbonyl (C=O) groups is 2. The van der Waals surface area contributed by atoms with E-state index in [1.165, 1.54) is 18.3 Å². The molecular formula is C9H11N3O3. The van der Waals surface area contributed by atoms with Gasteiger partial charge in [-0.15, -0.1) is 0 Å². The molecule has 0 amide bonds. The number of nitrogen functional groups attached to an aromatic ring is 1. The van der Waals surface area contributed by atoms with E-state index in [1.807, 2.05) is 0 Å². The lowest BCUT2D eigenvalue weighted by Crippen LogP contribution is -2.43. The van der Waals surface area contributed by atoms with Crippen LogP contribution in [0, 0.1) is 0 Å². The van der Waals surface area contributed by atoms with Gasteiger partial charge in [0.05, 0.1) is 11.9 Å². The molecule has 0 radical (unpaired) electrons. The zero-order valence-corrected chi connectivity index (χ0v) is 8.14. The Balaban J connectivity index is 3.05. The van der Waals surface area contributed by atoms with E-state index in [-0.39, 0.29) is 5.69 Å². The van der Waals surface area contributed by atoms with Gasteiger partial charge in [-0.1, -0.05) is 0 Å². The molecular weight excluding hydrogens is 198 g/mol. The van der Waals surface area contributed by atoms with Gasteiger partial charge < -0.3 is 10.5 Å². The smallest absolute Gasteiger partial charge is 0.305 e. The standard InChI is InChI=1S/C9H11N3O3/c1-6(14)15-9(11,5-13)8-3-2-7(10)4-12-8/h2-5H,10-11H2,1H3. The van der Waals surface area contributed by atoms with Crippen LogP contribution in [-0.4, -0.2) is 17.2 Å². The number of aldehydes is 1. The average molecular weight is 209 g/mol. The van der Waals surface area contributed by atoms with E-state index in [2.05, 4.69) is 9.72 Å². The quantitative estimate of drug-likeness (QED) is 0.396. The topological polar surface area (TPSA) is 108 Å². The summed E-state index contributed by atoms with van der Waals surface area (Å²) in [6.07, 6.45) is 1.64. The molecule has 0 aliphatic heterocycles. The zero-order valence-electron chi connectivity index (χ0n) is 8.14. The fourth-order valence-electron chi connectivity index (χ4n) is 1.01. The predicted molar refractivity (Wildman–Crippen MR) is 52.3 cm³/mol.